The second-order valence-electron chi connectivity index (χ2n) is 4.92. The molecule has 21 heavy (non-hydrogen) atoms. The van der Waals surface area contributed by atoms with E-state index >= 15 is 0 Å². The highest BCUT2D eigenvalue weighted by Gasteiger charge is 2.25. The van der Waals surface area contributed by atoms with Crippen LogP contribution in [0.5, 0.6) is 5.75 Å². The van der Waals surface area contributed by atoms with Crippen LogP contribution in [0.25, 0.3) is 0 Å². The number of halogens is 2. The van der Waals surface area contributed by atoms with Crippen LogP contribution in [0.4, 0.5) is 8.78 Å². The predicted octanol–water partition coefficient (Wildman–Crippen LogP) is 3.53. The molecule has 0 amide bonds. The summed E-state index contributed by atoms with van der Waals surface area (Å²) in [6.45, 7) is 2.60. The van der Waals surface area contributed by atoms with E-state index in [1.807, 2.05) is 13.8 Å². The molecule has 0 aromatic heterocycles. The average Bonchev–Trinajstić information content (AvgIpc) is 2.43. The van der Waals surface area contributed by atoms with Crippen molar-refractivity contribution >= 4 is 5.97 Å². The summed E-state index contributed by atoms with van der Waals surface area (Å²) in [6.07, 6.45) is 0.759. The van der Waals surface area contributed by atoms with Gasteiger partial charge in [-0.3, -0.25) is 9.69 Å². The smallest absolute Gasteiger partial charge is 0.387 e. The van der Waals surface area contributed by atoms with Crippen LogP contribution >= 0.6 is 0 Å². The number of carbonyl (C=O) groups is 1. The number of alkyl halides is 2. The summed E-state index contributed by atoms with van der Waals surface area (Å²) in [4.78, 5) is 12.8. The first-order chi connectivity index (χ1) is 9.86. The molecule has 118 valence electrons. The predicted molar refractivity (Wildman–Crippen MR) is 75.6 cm³/mol. The van der Waals surface area contributed by atoms with Gasteiger partial charge in [0.15, 0.2) is 0 Å². The maximum Gasteiger partial charge on any atom is 0.387 e. The molecule has 0 bridgehead atoms. The minimum absolute atomic E-state index is 0.00991. The number of benzene rings is 1. The number of hydrogen-bond donors (Lipinski definition) is 1. The molecule has 0 saturated heterocycles. The van der Waals surface area contributed by atoms with Crippen LogP contribution in [0.1, 0.15) is 38.8 Å². The first-order valence-electron chi connectivity index (χ1n) is 6.88. The van der Waals surface area contributed by atoms with Crippen molar-refractivity contribution in [1.29, 1.82) is 0 Å². The van der Waals surface area contributed by atoms with Gasteiger partial charge in [0.1, 0.15) is 5.75 Å². The van der Waals surface area contributed by atoms with E-state index in [4.69, 9.17) is 5.11 Å². The Bertz CT molecular complexity index is 468. The van der Waals surface area contributed by atoms with Crippen LogP contribution in [-0.2, 0) is 4.79 Å². The normalized spacial score (nSPS) is 14.2. The van der Waals surface area contributed by atoms with Gasteiger partial charge in [0.25, 0.3) is 0 Å². The Labute approximate surface area is 123 Å². The Kier molecular flexibility index (Phi) is 6.55. The van der Waals surface area contributed by atoms with Gasteiger partial charge in [0, 0.05) is 17.6 Å². The van der Waals surface area contributed by atoms with Crippen LogP contribution in [0.2, 0.25) is 0 Å². The molecule has 2 atom stereocenters. The van der Waals surface area contributed by atoms with Crippen molar-refractivity contribution in [1.82, 2.24) is 4.90 Å². The third-order valence-corrected chi connectivity index (χ3v) is 3.56. The number of hydrogen-bond acceptors (Lipinski definition) is 3. The summed E-state index contributed by atoms with van der Waals surface area (Å²) >= 11 is 0. The minimum atomic E-state index is -2.91. The lowest BCUT2D eigenvalue weighted by Gasteiger charge is -2.33. The number of ether oxygens (including phenoxy) is 1. The number of carboxylic acid groups (broad SMARTS) is 1. The fraction of sp³-hybridized carbons (Fsp3) is 0.533. The second kappa shape index (κ2) is 7.93. The Hall–Kier alpha value is -1.69. The first kappa shape index (κ1) is 17.4. The van der Waals surface area contributed by atoms with Crippen molar-refractivity contribution < 1.29 is 23.4 Å². The van der Waals surface area contributed by atoms with Gasteiger partial charge in [0.05, 0.1) is 6.54 Å². The van der Waals surface area contributed by atoms with E-state index in [2.05, 4.69) is 4.74 Å². The molecule has 0 saturated carbocycles. The van der Waals surface area contributed by atoms with Gasteiger partial charge in [0.2, 0.25) is 0 Å². The molecular weight excluding hydrogens is 280 g/mol. The zero-order valence-electron chi connectivity index (χ0n) is 12.4. The fourth-order valence-corrected chi connectivity index (χ4v) is 2.27. The first-order valence-corrected chi connectivity index (χ1v) is 6.88. The van der Waals surface area contributed by atoms with Crippen LogP contribution in [-0.4, -0.2) is 35.2 Å². The molecule has 0 radical (unpaired) electrons. The lowest BCUT2D eigenvalue weighted by Crippen LogP contribution is -2.39. The minimum Gasteiger partial charge on any atom is -0.480 e. The van der Waals surface area contributed by atoms with E-state index in [0.29, 0.717) is 5.56 Å². The van der Waals surface area contributed by atoms with Gasteiger partial charge in [-0.2, -0.15) is 8.78 Å². The van der Waals surface area contributed by atoms with Gasteiger partial charge >= 0.3 is 12.6 Å². The van der Waals surface area contributed by atoms with Crippen LogP contribution in [0.3, 0.4) is 0 Å². The fourth-order valence-electron chi connectivity index (χ4n) is 2.27. The topological polar surface area (TPSA) is 49.8 Å². The zero-order valence-corrected chi connectivity index (χ0v) is 12.4. The second-order valence-corrected chi connectivity index (χ2v) is 4.92. The molecule has 1 rings (SSSR count). The molecule has 0 aliphatic rings. The van der Waals surface area contributed by atoms with Gasteiger partial charge in [-0.15, -0.1) is 0 Å². The van der Waals surface area contributed by atoms with Crippen LogP contribution in [0, 0.1) is 0 Å². The summed E-state index contributed by atoms with van der Waals surface area (Å²) in [6, 6.07) is 6.15. The number of aliphatic carboxylic acids is 1. The lowest BCUT2D eigenvalue weighted by molar-refractivity contribution is -0.139. The van der Waals surface area contributed by atoms with Crippen molar-refractivity contribution in [3.63, 3.8) is 0 Å². The Balaban J connectivity index is 3.07. The number of rotatable bonds is 8. The molecular formula is C15H21F2NO3. The highest BCUT2D eigenvalue weighted by Crippen LogP contribution is 2.31. The van der Waals surface area contributed by atoms with E-state index in [1.165, 1.54) is 6.07 Å². The summed E-state index contributed by atoms with van der Waals surface area (Å²) < 4.78 is 29.5. The van der Waals surface area contributed by atoms with Gasteiger partial charge in [-0.1, -0.05) is 25.1 Å². The van der Waals surface area contributed by atoms with Gasteiger partial charge in [-0.25, -0.2) is 0 Å². The molecule has 0 spiro atoms. The zero-order chi connectivity index (χ0) is 16.0. The molecule has 0 heterocycles. The van der Waals surface area contributed by atoms with Crippen LogP contribution in [0.15, 0.2) is 24.3 Å². The highest BCUT2D eigenvalue weighted by molar-refractivity contribution is 5.69. The molecule has 0 aliphatic heterocycles. The Morgan fingerprint density at radius 2 is 1.95 bits per heavy atom. The quantitative estimate of drug-likeness (QED) is 0.798. The maximum atomic E-state index is 12.5. The monoisotopic (exact) mass is 301 g/mol. The molecule has 1 aromatic rings. The molecule has 0 fully saturated rings. The van der Waals surface area contributed by atoms with Crippen LogP contribution < -0.4 is 4.74 Å². The Morgan fingerprint density at radius 3 is 2.48 bits per heavy atom. The standard InChI is InChI=1S/C15H21F2NO3/c1-4-10(2)18(9-14(19)20)11(3)12-7-5-6-8-13(12)21-15(16)17/h5-8,10-11,15H,4,9H2,1-3H3,(H,19,20). The number of carboxylic acids is 1. The van der Waals surface area contributed by atoms with E-state index in [0.717, 1.165) is 6.42 Å². The van der Waals surface area contributed by atoms with Crippen molar-refractivity contribution in [2.24, 2.45) is 0 Å². The number of nitrogens with zero attached hydrogens (tertiary/aromatic N) is 1. The number of para-hydroxylation sites is 1. The molecule has 1 N–H and O–H groups in total. The van der Waals surface area contributed by atoms with Crippen molar-refractivity contribution in [2.45, 2.75) is 45.9 Å². The lowest BCUT2D eigenvalue weighted by atomic mass is 10.0. The average molecular weight is 301 g/mol. The summed E-state index contributed by atoms with van der Waals surface area (Å²) in [7, 11) is 0. The van der Waals surface area contributed by atoms with E-state index in [1.54, 1.807) is 30.0 Å². The molecule has 4 nitrogen and oxygen atoms in total. The highest BCUT2D eigenvalue weighted by atomic mass is 19.3. The maximum absolute atomic E-state index is 12.5. The van der Waals surface area contributed by atoms with Crippen molar-refractivity contribution in [3.05, 3.63) is 29.8 Å². The largest absolute Gasteiger partial charge is 0.480 e. The summed E-state index contributed by atoms with van der Waals surface area (Å²) in [5, 5.41) is 9.05. The van der Waals surface area contributed by atoms with Crippen molar-refractivity contribution in [2.75, 3.05) is 6.54 Å². The van der Waals surface area contributed by atoms with E-state index in [9.17, 15) is 13.6 Å². The molecule has 1 aromatic carbocycles. The van der Waals surface area contributed by atoms with Crippen molar-refractivity contribution in [3.8, 4) is 5.75 Å². The van der Waals surface area contributed by atoms with E-state index in [-0.39, 0.29) is 24.4 Å². The summed E-state index contributed by atoms with van der Waals surface area (Å²) in [5.41, 5.74) is 0.555. The molecule has 6 heteroatoms. The van der Waals surface area contributed by atoms with Gasteiger partial charge < -0.3 is 9.84 Å². The van der Waals surface area contributed by atoms with E-state index < -0.39 is 12.6 Å². The molecule has 2 unspecified atom stereocenters. The molecule has 0 aliphatic carbocycles. The SMILES string of the molecule is CCC(C)N(CC(=O)O)C(C)c1ccccc1OC(F)F. The third-order valence-electron chi connectivity index (χ3n) is 3.56. The van der Waals surface area contributed by atoms with Gasteiger partial charge in [-0.05, 0) is 26.3 Å². The Morgan fingerprint density at radius 1 is 1.33 bits per heavy atom. The third kappa shape index (κ3) is 4.97. The summed E-state index contributed by atoms with van der Waals surface area (Å²) in [5.74, 6) is -0.867.